The number of carboxylic acid groups (broad SMARTS) is 1. The predicted octanol–water partition coefficient (Wildman–Crippen LogP) is 1.28. The van der Waals surface area contributed by atoms with Crippen molar-refractivity contribution in [3.05, 3.63) is 35.9 Å². The van der Waals surface area contributed by atoms with Gasteiger partial charge in [0.2, 0.25) is 5.78 Å². The molecule has 1 aliphatic heterocycles. The second-order valence-electron chi connectivity index (χ2n) is 7.30. The van der Waals surface area contributed by atoms with Crippen LogP contribution in [0.3, 0.4) is 0 Å². The molecule has 10 heteroatoms. The number of rotatable bonds is 10. The summed E-state index contributed by atoms with van der Waals surface area (Å²) in [6.07, 6.45) is -0.209. The maximum Gasteiger partial charge on any atom is 0.405 e. The maximum absolute atomic E-state index is 12.5. The van der Waals surface area contributed by atoms with E-state index in [2.05, 4.69) is 16.0 Å². The molecule has 170 valence electrons. The summed E-state index contributed by atoms with van der Waals surface area (Å²) in [5, 5.41) is 16.6. The minimum atomic E-state index is -1.37. The van der Waals surface area contributed by atoms with Gasteiger partial charge in [0.25, 0.3) is 5.91 Å². The molecule has 1 aromatic rings. The minimum Gasteiger partial charge on any atom is -0.465 e. The first kappa shape index (κ1) is 24.1. The number of hydrogen-bond acceptors (Lipinski definition) is 5. The SMILES string of the molecule is C[C@@H](NC(=O)C(=O)C(CCCCNC(=O)N1CCOCC1)NC(=O)O)c1ccccc1. The zero-order valence-electron chi connectivity index (χ0n) is 17.6. The Morgan fingerprint density at radius 2 is 1.74 bits per heavy atom. The molecule has 4 N–H and O–H groups in total. The molecule has 31 heavy (non-hydrogen) atoms. The zero-order valence-corrected chi connectivity index (χ0v) is 17.6. The van der Waals surface area contributed by atoms with Gasteiger partial charge in [0.15, 0.2) is 0 Å². The largest absolute Gasteiger partial charge is 0.465 e. The highest BCUT2D eigenvalue weighted by Crippen LogP contribution is 2.11. The van der Waals surface area contributed by atoms with E-state index in [0.29, 0.717) is 45.7 Å². The number of nitrogens with one attached hydrogen (secondary N) is 3. The standard InChI is InChI=1S/C21H30N4O6/c1-15(16-7-3-2-4-8-16)23-19(27)18(26)17(24-21(29)30)9-5-6-10-22-20(28)25-11-13-31-14-12-25/h2-4,7-8,15,17,24H,5-6,9-14H2,1H3,(H,22,28)(H,23,27)(H,29,30)/t15-,17?/m1/s1. The smallest absolute Gasteiger partial charge is 0.405 e. The number of Topliss-reactive ketones (excluding diaryl/α,β-unsaturated/α-hetero) is 1. The molecule has 1 unspecified atom stereocenters. The second kappa shape index (κ2) is 12.5. The third-order valence-corrected chi connectivity index (χ3v) is 4.98. The van der Waals surface area contributed by atoms with Crippen molar-refractivity contribution in [1.82, 2.24) is 20.9 Å². The van der Waals surface area contributed by atoms with Crippen LogP contribution in [0.2, 0.25) is 0 Å². The lowest BCUT2D eigenvalue weighted by molar-refractivity contribution is -0.139. The molecule has 0 aromatic heterocycles. The molecule has 0 spiro atoms. The number of amides is 4. The molecule has 1 heterocycles. The minimum absolute atomic E-state index is 0.158. The summed E-state index contributed by atoms with van der Waals surface area (Å²) in [6, 6.07) is 7.45. The summed E-state index contributed by atoms with van der Waals surface area (Å²) in [6.45, 7) is 4.26. The molecule has 10 nitrogen and oxygen atoms in total. The van der Waals surface area contributed by atoms with Crippen LogP contribution in [0, 0.1) is 0 Å². The molecule has 1 aromatic carbocycles. The van der Waals surface area contributed by atoms with Crippen LogP contribution in [-0.4, -0.2) is 72.7 Å². The number of nitrogens with zero attached hydrogens (tertiary/aromatic N) is 1. The van der Waals surface area contributed by atoms with Gasteiger partial charge in [-0.15, -0.1) is 0 Å². The fraction of sp³-hybridized carbons (Fsp3) is 0.524. The first-order valence-electron chi connectivity index (χ1n) is 10.4. The average Bonchev–Trinajstić information content (AvgIpc) is 2.78. The molecule has 1 fully saturated rings. The maximum atomic E-state index is 12.5. The topological polar surface area (TPSA) is 137 Å². The number of ether oxygens (including phenoxy) is 1. The molecular weight excluding hydrogens is 404 g/mol. The van der Waals surface area contributed by atoms with Gasteiger partial charge in [0.05, 0.1) is 19.3 Å². The lowest BCUT2D eigenvalue weighted by Crippen LogP contribution is -2.47. The number of ketones is 1. The van der Waals surface area contributed by atoms with E-state index in [-0.39, 0.29) is 12.5 Å². The Labute approximate surface area is 181 Å². The summed E-state index contributed by atoms with van der Waals surface area (Å²) in [7, 11) is 0. The fourth-order valence-corrected chi connectivity index (χ4v) is 3.22. The normalized spacial score (nSPS) is 15.5. The Bertz CT molecular complexity index is 751. The molecule has 0 radical (unpaired) electrons. The van der Waals surface area contributed by atoms with Crippen molar-refractivity contribution < 1.29 is 29.0 Å². The molecule has 1 aliphatic rings. The summed E-state index contributed by atoms with van der Waals surface area (Å²) < 4.78 is 5.20. The van der Waals surface area contributed by atoms with E-state index in [4.69, 9.17) is 9.84 Å². The Morgan fingerprint density at radius 1 is 1.06 bits per heavy atom. The van der Waals surface area contributed by atoms with Crippen LogP contribution in [0.25, 0.3) is 0 Å². The van der Waals surface area contributed by atoms with Crippen molar-refractivity contribution in [1.29, 1.82) is 0 Å². The Morgan fingerprint density at radius 3 is 2.39 bits per heavy atom. The molecule has 0 aliphatic carbocycles. The van der Waals surface area contributed by atoms with Crippen LogP contribution in [0.1, 0.15) is 37.8 Å². The highest BCUT2D eigenvalue weighted by molar-refractivity contribution is 6.38. The highest BCUT2D eigenvalue weighted by Gasteiger charge is 2.27. The van der Waals surface area contributed by atoms with Crippen LogP contribution in [0.4, 0.5) is 9.59 Å². The van der Waals surface area contributed by atoms with E-state index < -0.39 is 29.9 Å². The van der Waals surface area contributed by atoms with Crippen molar-refractivity contribution in [2.24, 2.45) is 0 Å². The summed E-state index contributed by atoms with van der Waals surface area (Å²) in [5.74, 6) is -1.67. The number of hydrogen-bond donors (Lipinski definition) is 4. The quantitative estimate of drug-likeness (QED) is 0.323. The molecular formula is C21H30N4O6. The van der Waals surface area contributed by atoms with Crippen LogP contribution in [-0.2, 0) is 14.3 Å². The van der Waals surface area contributed by atoms with Gasteiger partial charge in [-0.3, -0.25) is 9.59 Å². The molecule has 4 amide bonds. The zero-order chi connectivity index (χ0) is 22.6. The van der Waals surface area contributed by atoms with Crippen molar-refractivity contribution in [2.45, 2.75) is 38.3 Å². The lowest BCUT2D eigenvalue weighted by Gasteiger charge is -2.26. The van der Waals surface area contributed by atoms with E-state index in [1.807, 2.05) is 30.3 Å². The molecule has 0 saturated carbocycles. The van der Waals surface area contributed by atoms with Crippen LogP contribution < -0.4 is 16.0 Å². The summed E-state index contributed by atoms with van der Waals surface area (Å²) in [4.78, 5) is 49.6. The van der Waals surface area contributed by atoms with Crippen LogP contribution in [0.5, 0.6) is 0 Å². The molecule has 2 rings (SSSR count). The van der Waals surface area contributed by atoms with Gasteiger partial charge in [0, 0.05) is 19.6 Å². The fourth-order valence-electron chi connectivity index (χ4n) is 3.22. The van der Waals surface area contributed by atoms with Crippen molar-refractivity contribution in [3.63, 3.8) is 0 Å². The van der Waals surface area contributed by atoms with Crippen molar-refractivity contribution >= 4 is 23.8 Å². The number of unbranched alkanes of at least 4 members (excludes halogenated alkanes) is 1. The van der Waals surface area contributed by atoms with Gasteiger partial charge < -0.3 is 30.7 Å². The van der Waals surface area contributed by atoms with E-state index in [1.165, 1.54) is 0 Å². The van der Waals surface area contributed by atoms with Crippen molar-refractivity contribution in [2.75, 3.05) is 32.8 Å². The molecule has 2 atom stereocenters. The van der Waals surface area contributed by atoms with Crippen LogP contribution in [0.15, 0.2) is 30.3 Å². The van der Waals surface area contributed by atoms with E-state index in [1.54, 1.807) is 11.8 Å². The van der Waals surface area contributed by atoms with Crippen LogP contribution >= 0.6 is 0 Å². The van der Waals surface area contributed by atoms with E-state index in [9.17, 15) is 19.2 Å². The number of benzene rings is 1. The Balaban J connectivity index is 1.77. The van der Waals surface area contributed by atoms with Gasteiger partial charge in [-0.2, -0.15) is 0 Å². The number of carbonyl (C=O) groups is 4. The molecule has 1 saturated heterocycles. The van der Waals surface area contributed by atoms with Gasteiger partial charge in [-0.1, -0.05) is 30.3 Å². The van der Waals surface area contributed by atoms with Gasteiger partial charge >= 0.3 is 12.1 Å². The second-order valence-corrected chi connectivity index (χ2v) is 7.30. The van der Waals surface area contributed by atoms with Crippen molar-refractivity contribution in [3.8, 4) is 0 Å². The lowest BCUT2D eigenvalue weighted by atomic mass is 10.0. The van der Waals surface area contributed by atoms with Gasteiger partial charge in [0.1, 0.15) is 6.04 Å². The first-order chi connectivity index (χ1) is 14.9. The van der Waals surface area contributed by atoms with Gasteiger partial charge in [-0.25, -0.2) is 9.59 Å². The molecule has 0 bridgehead atoms. The monoisotopic (exact) mass is 434 g/mol. The number of carbonyl (C=O) groups excluding carboxylic acids is 3. The van der Waals surface area contributed by atoms with Gasteiger partial charge in [-0.05, 0) is 31.7 Å². The summed E-state index contributed by atoms with van der Waals surface area (Å²) in [5.41, 5.74) is 0.836. The van der Waals surface area contributed by atoms with E-state index >= 15 is 0 Å². The first-order valence-corrected chi connectivity index (χ1v) is 10.4. The Hall–Kier alpha value is -3.14. The average molecular weight is 434 g/mol. The number of urea groups is 1. The number of morpholine rings is 1. The predicted molar refractivity (Wildman–Crippen MR) is 113 cm³/mol. The third kappa shape index (κ3) is 8.25. The highest BCUT2D eigenvalue weighted by atomic mass is 16.5. The van der Waals surface area contributed by atoms with E-state index in [0.717, 1.165) is 5.56 Å². The summed E-state index contributed by atoms with van der Waals surface area (Å²) >= 11 is 0. The third-order valence-electron chi connectivity index (χ3n) is 4.98. The Kier molecular flexibility index (Phi) is 9.76.